The molecule has 0 unspecified atom stereocenters. The Hall–Kier alpha value is -3.03. The van der Waals surface area contributed by atoms with Crippen molar-refractivity contribution in [1.29, 1.82) is 0 Å². The number of anilines is 1. The molecule has 1 aliphatic rings. The van der Waals surface area contributed by atoms with Crippen LogP contribution in [-0.2, 0) is 0 Å². The molecule has 19 heavy (non-hydrogen) atoms. The summed E-state index contributed by atoms with van der Waals surface area (Å²) in [7, 11) is 0. The molecular formula is C11H6N4O4. The molecule has 1 aliphatic heterocycles. The van der Waals surface area contributed by atoms with E-state index in [0.717, 1.165) is 11.0 Å². The highest BCUT2D eigenvalue weighted by molar-refractivity contribution is 6.33. The van der Waals surface area contributed by atoms with Crippen LogP contribution in [-0.4, -0.2) is 38.1 Å². The van der Waals surface area contributed by atoms with Gasteiger partial charge in [0.1, 0.15) is 11.4 Å². The highest BCUT2D eigenvalue weighted by atomic mass is 16.4. The summed E-state index contributed by atoms with van der Waals surface area (Å²) in [4.78, 5) is 39.5. The maximum Gasteiger partial charge on any atom is 0.353 e. The lowest BCUT2D eigenvalue weighted by Gasteiger charge is -2.08. The SMILES string of the molecule is O=C(O)c1cc(N2C(=O)c3cccnc3C2=O)n[nH]1. The van der Waals surface area contributed by atoms with E-state index < -0.39 is 17.8 Å². The maximum atomic E-state index is 12.1. The molecule has 2 N–H and O–H groups in total. The van der Waals surface area contributed by atoms with E-state index in [2.05, 4.69) is 15.2 Å². The van der Waals surface area contributed by atoms with E-state index in [4.69, 9.17) is 5.11 Å². The van der Waals surface area contributed by atoms with Gasteiger partial charge in [0.25, 0.3) is 11.8 Å². The van der Waals surface area contributed by atoms with Gasteiger partial charge in [0, 0.05) is 12.3 Å². The van der Waals surface area contributed by atoms with Crippen LogP contribution in [0.25, 0.3) is 0 Å². The number of hydrogen-bond donors (Lipinski definition) is 2. The zero-order valence-corrected chi connectivity index (χ0v) is 9.32. The van der Waals surface area contributed by atoms with E-state index in [0.29, 0.717) is 0 Å². The topological polar surface area (TPSA) is 116 Å². The Morgan fingerprint density at radius 2 is 2.11 bits per heavy atom. The molecule has 0 fully saturated rings. The third-order valence-electron chi connectivity index (χ3n) is 2.67. The van der Waals surface area contributed by atoms with Gasteiger partial charge in [0.05, 0.1) is 5.56 Å². The molecule has 2 amide bonds. The molecule has 0 saturated heterocycles. The highest BCUT2D eigenvalue weighted by Crippen LogP contribution is 2.25. The molecule has 0 aliphatic carbocycles. The van der Waals surface area contributed by atoms with Crippen LogP contribution in [0.2, 0.25) is 0 Å². The van der Waals surface area contributed by atoms with E-state index in [1.807, 2.05) is 0 Å². The molecule has 2 aromatic rings. The quantitative estimate of drug-likeness (QED) is 0.748. The molecule has 2 aromatic heterocycles. The van der Waals surface area contributed by atoms with Gasteiger partial charge in [-0.2, -0.15) is 5.10 Å². The normalized spacial score (nSPS) is 13.8. The Morgan fingerprint density at radius 3 is 2.74 bits per heavy atom. The van der Waals surface area contributed by atoms with Gasteiger partial charge in [-0.15, -0.1) is 0 Å². The minimum Gasteiger partial charge on any atom is -0.477 e. The fourth-order valence-corrected chi connectivity index (χ4v) is 1.81. The average molecular weight is 258 g/mol. The number of nitrogens with zero attached hydrogens (tertiary/aromatic N) is 3. The number of hydrogen-bond acceptors (Lipinski definition) is 5. The van der Waals surface area contributed by atoms with Crippen molar-refractivity contribution in [3.05, 3.63) is 41.3 Å². The molecule has 94 valence electrons. The molecule has 8 nitrogen and oxygen atoms in total. The van der Waals surface area contributed by atoms with Crippen LogP contribution in [0.15, 0.2) is 24.4 Å². The molecule has 0 spiro atoms. The summed E-state index contributed by atoms with van der Waals surface area (Å²) in [5.74, 6) is -2.49. The predicted octanol–water partition coefficient (Wildman–Crippen LogP) is 0.303. The molecule has 0 atom stereocenters. The van der Waals surface area contributed by atoms with Crippen LogP contribution in [0.3, 0.4) is 0 Å². The Kier molecular flexibility index (Phi) is 2.18. The Balaban J connectivity index is 2.06. The summed E-state index contributed by atoms with van der Waals surface area (Å²) < 4.78 is 0. The Bertz CT molecular complexity index is 686. The van der Waals surface area contributed by atoms with Crippen LogP contribution in [0.1, 0.15) is 31.3 Å². The van der Waals surface area contributed by atoms with Crippen LogP contribution >= 0.6 is 0 Å². The number of carboxylic acid groups (broad SMARTS) is 1. The summed E-state index contributed by atoms with van der Waals surface area (Å²) >= 11 is 0. The number of aromatic nitrogens is 3. The van der Waals surface area contributed by atoms with Crippen molar-refractivity contribution in [1.82, 2.24) is 15.2 Å². The van der Waals surface area contributed by atoms with Gasteiger partial charge >= 0.3 is 5.97 Å². The number of fused-ring (bicyclic) bond motifs is 1. The second-order valence-corrected chi connectivity index (χ2v) is 3.79. The molecule has 0 saturated carbocycles. The standard InChI is InChI=1S/C11H6N4O4/c16-9-5-2-1-3-12-8(5)10(17)15(9)7-4-6(11(18)19)13-14-7/h1-4H,(H,13,14)(H,18,19). The lowest BCUT2D eigenvalue weighted by atomic mass is 10.2. The molecule has 0 aromatic carbocycles. The van der Waals surface area contributed by atoms with Gasteiger partial charge in [-0.05, 0) is 12.1 Å². The molecular weight excluding hydrogens is 252 g/mol. The molecule has 3 heterocycles. The average Bonchev–Trinajstić information content (AvgIpc) is 2.96. The van der Waals surface area contributed by atoms with Crippen LogP contribution in [0.4, 0.5) is 5.82 Å². The number of pyridine rings is 1. The molecule has 8 heteroatoms. The monoisotopic (exact) mass is 258 g/mol. The number of amides is 2. The van der Waals surface area contributed by atoms with E-state index in [1.165, 1.54) is 12.3 Å². The van der Waals surface area contributed by atoms with Crippen molar-refractivity contribution in [2.24, 2.45) is 0 Å². The van der Waals surface area contributed by atoms with Crippen molar-refractivity contribution in [3.8, 4) is 0 Å². The van der Waals surface area contributed by atoms with Crippen molar-refractivity contribution in [2.45, 2.75) is 0 Å². The smallest absolute Gasteiger partial charge is 0.353 e. The largest absolute Gasteiger partial charge is 0.477 e. The number of imide groups is 1. The van der Waals surface area contributed by atoms with Gasteiger partial charge in [0.2, 0.25) is 0 Å². The van der Waals surface area contributed by atoms with E-state index >= 15 is 0 Å². The van der Waals surface area contributed by atoms with Gasteiger partial charge in [-0.3, -0.25) is 19.7 Å². The van der Waals surface area contributed by atoms with E-state index in [-0.39, 0.29) is 22.8 Å². The molecule has 0 bridgehead atoms. The van der Waals surface area contributed by atoms with Crippen LogP contribution < -0.4 is 4.90 Å². The molecule has 0 radical (unpaired) electrons. The summed E-state index contributed by atoms with van der Waals surface area (Å²) in [5, 5.41) is 14.7. The second kappa shape index (κ2) is 3.73. The Morgan fingerprint density at radius 1 is 1.32 bits per heavy atom. The van der Waals surface area contributed by atoms with E-state index in [1.54, 1.807) is 6.07 Å². The number of carbonyl (C=O) groups is 3. The number of H-pyrrole nitrogens is 1. The van der Waals surface area contributed by atoms with E-state index in [9.17, 15) is 14.4 Å². The first-order valence-corrected chi connectivity index (χ1v) is 5.22. The third-order valence-corrected chi connectivity index (χ3v) is 2.67. The van der Waals surface area contributed by atoms with Gasteiger partial charge in [-0.1, -0.05) is 0 Å². The third kappa shape index (κ3) is 1.50. The fourth-order valence-electron chi connectivity index (χ4n) is 1.81. The zero-order chi connectivity index (χ0) is 13.6. The lowest BCUT2D eigenvalue weighted by molar-refractivity contribution is 0.0689. The first-order valence-electron chi connectivity index (χ1n) is 5.22. The second-order valence-electron chi connectivity index (χ2n) is 3.79. The summed E-state index contributed by atoms with van der Waals surface area (Å²) in [6.45, 7) is 0. The summed E-state index contributed by atoms with van der Waals surface area (Å²) in [5.41, 5.74) is -0.000680. The van der Waals surface area contributed by atoms with Crippen LogP contribution in [0, 0.1) is 0 Å². The van der Waals surface area contributed by atoms with Crippen molar-refractivity contribution >= 4 is 23.6 Å². The lowest BCUT2D eigenvalue weighted by Crippen LogP contribution is -2.29. The number of aromatic amines is 1. The van der Waals surface area contributed by atoms with Gasteiger partial charge in [-0.25, -0.2) is 9.69 Å². The Labute approximate surface area is 105 Å². The fraction of sp³-hybridized carbons (Fsp3) is 0. The first kappa shape index (κ1) is 11.1. The zero-order valence-electron chi connectivity index (χ0n) is 9.32. The van der Waals surface area contributed by atoms with Gasteiger partial charge < -0.3 is 5.11 Å². The van der Waals surface area contributed by atoms with Crippen molar-refractivity contribution in [3.63, 3.8) is 0 Å². The number of rotatable bonds is 2. The van der Waals surface area contributed by atoms with Crippen LogP contribution in [0.5, 0.6) is 0 Å². The molecule has 3 rings (SSSR count). The predicted molar refractivity (Wildman–Crippen MR) is 60.9 cm³/mol. The summed E-state index contributed by atoms with van der Waals surface area (Å²) in [6.07, 6.45) is 1.40. The summed E-state index contributed by atoms with van der Waals surface area (Å²) in [6, 6.07) is 4.14. The number of carboxylic acids is 1. The van der Waals surface area contributed by atoms with Crippen molar-refractivity contribution in [2.75, 3.05) is 4.90 Å². The maximum absolute atomic E-state index is 12.1. The number of aromatic carboxylic acids is 1. The van der Waals surface area contributed by atoms with Gasteiger partial charge in [0.15, 0.2) is 5.82 Å². The highest BCUT2D eigenvalue weighted by Gasteiger charge is 2.39. The number of nitrogens with one attached hydrogen (secondary N) is 1. The minimum atomic E-state index is -1.23. The first-order chi connectivity index (χ1) is 9.09. The minimum absolute atomic E-state index is 0.0346. The number of carbonyl (C=O) groups excluding carboxylic acids is 2. The van der Waals surface area contributed by atoms with Crippen molar-refractivity contribution < 1.29 is 19.5 Å².